The molecule has 2 heteroatoms. The normalized spacial score (nSPS) is 95.5. The van der Waals surface area contributed by atoms with Crippen LogP contribution in [0.3, 0.4) is 0 Å². The van der Waals surface area contributed by atoms with Gasteiger partial charge in [-0.25, -0.2) is 0 Å². The molecule has 6 aliphatic carbocycles. The third-order valence-corrected chi connectivity index (χ3v) is 7.93. The van der Waals surface area contributed by atoms with E-state index in [-0.39, 0.29) is 0 Å². The van der Waals surface area contributed by atoms with E-state index in [2.05, 4.69) is 22.6 Å². The van der Waals surface area contributed by atoms with Gasteiger partial charge in [-0.3, -0.25) is 0 Å². The van der Waals surface area contributed by atoms with Crippen LogP contribution in [0, 0.1) is 35.5 Å². The maximum Gasteiger partial charge on any atom is 0.0782 e. The molecule has 0 aliphatic heterocycles. The quantitative estimate of drug-likeness (QED) is 0.510. The Hall–Kier alpha value is 0.690. The minimum absolute atomic E-state index is 0.479. The van der Waals surface area contributed by atoms with Gasteiger partial charge in [-0.15, -0.1) is 0 Å². The predicted molar refractivity (Wildman–Crippen MR) is 47.4 cm³/mol. The van der Waals surface area contributed by atoms with Gasteiger partial charge in [0.25, 0.3) is 0 Å². The van der Waals surface area contributed by atoms with E-state index in [1.807, 2.05) is 7.11 Å². The summed E-state index contributed by atoms with van der Waals surface area (Å²) < 4.78 is 6.53. The second-order valence-corrected chi connectivity index (χ2v) is 6.91. The highest BCUT2D eigenvalue weighted by Crippen LogP contribution is 3.06. The Balaban J connectivity index is 1.76. The smallest absolute Gasteiger partial charge is 0.0782 e. The topological polar surface area (TPSA) is 9.23 Å². The number of hydrogen-bond acceptors (Lipinski definition) is 1. The predicted octanol–water partition coefficient (Wildman–Crippen LogP) is 1.31. The van der Waals surface area contributed by atoms with Gasteiger partial charge in [-0.2, -0.15) is 0 Å². The van der Waals surface area contributed by atoms with Crippen LogP contribution in [-0.2, 0) is 4.74 Å². The number of methoxy groups -OCH3 is 1. The Bertz CT molecular complexity index is 257. The van der Waals surface area contributed by atoms with Crippen LogP contribution >= 0.6 is 22.6 Å². The first-order chi connectivity index (χ1) is 5.29. The van der Waals surface area contributed by atoms with Crippen molar-refractivity contribution in [2.24, 2.45) is 35.5 Å². The molecule has 1 nitrogen and oxygen atoms in total. The van der Waals surface area contributed by atoms with Gasteiger partial charge < -0.3 is 4.74 Å². The summed E-state index contributed by atoms with van der Waals surface area (Å²) >= 11 is 2.75. The van der Waals surface area contributed by atoms with Crippen molar-refractivity contribution in [2.75, 3.05) is 7.11 Å². The lowest BCUT2D eigenvalue weighted by atomic mass is 8.99. The lowest BCUT2D eigenvalue weighted by Crippen LogP contribution is -3.14. The third-order valence-electron chi connectivity index (χ3n) is 5.77. The summed E-state index contributed by atoms with van der Waals surface area (Å²) in [6.07, 6.45) is 0. The highest BCUT2D eigenvalue weighted by atomic mass is 127. The van der Waals surface area contributed by atoms with E-state index >= 15 is 0 Å². The van der Waals surface area contributed by atoms with Crippen LogP contribution in [-0.4, -0.2) is 16.1 Å². The Morgan fingerprint density at radius 2 is 1.45 bits per heavy atom. The number of rotatable bonds is 1. The van der Waals surface area contributed by atoms with Crippen LogP contribution < -0.4 is 0 Å². The largest absolute Gasteiger partial charge is 0.377 e. The van der Waals surface area contributed by atoms with Gasteiger partial charge in [-0.05, 0) is 35.5 Å². The van der Waals surface area contributed by atoms with E-state index in [0.717, 1.165) is 38.9 Å². The summed E-state index contributed by atoms with van der Waals surface area (Å²) in [5.41, 5.74) is 0.479. The summed E-state index contributed by atoms with van der Waals surface area (Å²) in [6.45, 7) is 0. The molecule has 0 spiro atoms. The molecule has 6 rings (SSSR count). The number of alkyl halides is 1. The summed E-state index contributed by atoms with van der Waals surface area (Å²) in [5, 5.41) is 0. The number of hydrogen-bond donors (Lipinski definition) is 0. The second kappa shape index (κ2) is 0.999. The van der Waals surface area contributed by atoms with Gasteiger partial charge >= 0.3 is 0 Å². The molecule has 0 saturated heterocycles. The molecule has 0 aromatic heterocycles. The Labute approximate surface area is 79.0 Å². The lowest BCUT2D eigenvalue weighted by Gasteiger charge is -3.09. The SMILES string of the molecule is COC12C3C4C1C1C2C3C41I. The fourth-order valence-corrected chi connectivity index (χ4v) is 8.03. The molecule has 58 valence electrons. The number of halogens is 1. The van der Waals surface area contributed by atoms with Crippen LogP contribution in [0.1, 0.15) is 0 Å². The monoisotopic (exact) mass is 260 g/mol. The van der Waals surface area contributed by atoms with Crippen LogP contribution in [0.25, 0.3) is 0 Å². The molecule has 0 heterocycles. The average Bonchev–Trinajstić information content (AvgIpc) is 2.06. The highest BCUT2D eigenvalue weighted by Gasteiger charge is 3.10. The molecule has 0 unspecified atom stereocenters. The van der Waals surface area contributed by atoms with Crippen molar-refractivity contribution < 1.29 is 4.74 Å². The van der Waals surface area contributed by atoms with Crippen molar-refractivity contribution in [2.45, 2.75) is 9.02 Å². The first-order valence-electron chi connectivity index (χ1n) is 4.53. The minimum Gasteiger partial charge on any atom is -0.377 e. The molecule has 0 aromatic carbocycles. The molecular weight excluding hydrogens is 251 g/mol. The van der Waals surface area contributed by atoms with Crippen LogP contribution in [0.4, 0.5) is 0 Å². The minimum atomic E-state index is 0.479. The summed E-state index contributed by atoms with van der Waals surface area (Å²) in [7, 11) is 1.93. The van der Waals surface area contributed by atoms with Gasteiger partial charge in [0.15, 0.2) is 0 Å². The van der Waals surface area contributed by atoms with Gasteiger partial charge in [-0.1, -0.05) is 22.6 Å². The molecule has 0 atom stereocenters. The molecular formula is C9H9IO. The molecule has 0 radical (unpaired) electrons. The third kappa shape index (κ3) is 0.199. The molecule has 11 heavy (non-hydrogen) atoms. The second-order valence-electron chi connectivity index (χ2n) is 5.04. The Morgan fingerprint density at radius 1 is 1.00 bits per heavy atom. The van der Waals surface area contributed by atoms with Crippen molar-refractivity contribution in [3.63, 3.8) is 0 Å². The molecule has 6 saturated carbocycles. The van der Waals surface area contributed by atoms with E-state index in [1.165, 1.54) is 0 Å². The van der Waals surface area contributed by atoms with Crippen LogP contribution in [0.2, 0.25) is 0 Å². The maximum absolute atomic E-state index is 5.69. The van der Waals surface area contributed by atoms with Crippen molar-refractivity contribution in [3.05, 3.63) is 0 Å². The standard InChI is InChI=1S/C9H9IO/c1-11-9-5-2-6(9)4-7(9)3(5)8(2,4)10/h2-7H,1H3. The Kier molecular flexibility index (Phi) is 0.493. The molecule has 0 aromatic rings. The molecule has 0 amide bonds. The Morgan fingerprint density at radius 3 is 1.82 bits per heavy atom. The van der Waals surface area contributed by atoms with Gasteiger partial charge in [0.05, 0.1) is 5.60 Å². The van der Waals surface area contributed by atoms with Crippen molar-refractivity contribution in [1.82, 2.24) is 0 Å². The van der Waals surface area contributed by atoms with Gasteiger partial charge in [0, 0.05) is 10.5 Å². The summed E-state index contributed by atoms with van der Waals surface area (Å²) in [5.74, 6) is 6.44. The zero-order valence-corrected chi connectivity index (χ0v) is 8.41. The fraction of sp³-hybridized carbons (Fsp3) is 1.00. The van der Waals surface area contributed by atoms with Crippen molar-refractivity contribution in [1.29, 1.82) is 0 Å². The van der Waals surface area contributed by atoms with Gasteiger partial charge in [0.1, 0.15) is 0 Å². The van der Waals surface area contributed by atoms with Crippen molar-refractivity contribution in [3.8, 4) is 0 Å². The summed E-state index contributed by atoms with van der Waals surface area (Å²) in [6, 6.07) is 0. The zero-order chi connectivity index (χ0) is 7.17. The van der Waals surface area contributed by atoms with E-state index in [1.54, 1.807) is 0 Å². The number of ether oxygens (including phenoxy) is 1. The average molecular weight is 260 g/mol. The highest BCUT2D eigenvalue weighted by molar-refractivity contribution is 14.1. The summed E-state index contributed by atoms with van der Waals surface area (Å²) in [4.78, 5) is 0. The van der Waals surface area contributed by atoms with Crippen LogP contribution in [0.5, 0.6) is 0 Å². The molecule has 0 bridgehead atoms. The fourth-order valence-electron chi connectivity index (χ4n) is 5.71. The van der Waals surface area contributed by atoms with Crippen LogP contribution in [0.15, 0.2) is 0 Å². The van der Waals surface area contributed by atoms with Crippen molar-refractivity contribution >= 4 is 22.6 Å². The van der Waals surface area contributed by atoms with E-state index in [4.69, 9.17) is 4.74 Å². The van der Waals surface area contributed by atoms with Gasteiger partial charge in [0.2, 0.25) is 0 Å². The maximum atomic E-state index is 5.69. The van der Waals surface area contributed by atoms with E-state index < -0.39 is 0 Å². The molecule has 6 fully saturated rings. The van der Waals surface area contributed by atoms with E-state index in [0.29, 0.717) is 5.60 Å². The van der Waals surface area contributed by atoms with E-state index in [9.17, 15) is 0 Å². The lowest BCUT2D eigenvalue weighted by molar-refractivity contribution is -0.601. The zero-order valence-electron chi connectivity index (χ0n) is 6.25. The molecule has 0 N–H and O–H groups in total. The molecule has 6 aliphatic rings. The first-order valence-corrected chi connectivity index (χ1v) is 5.61. The first kappa shape index (κ1) is 5.43.